The molecule has 1 unspecified atom stereocenters. The Kier molecular flexibility index (Phi) is 9.86. The first-order valence-corrected chi connectivity index (χ1v) is 19.4. The normalized spacial score (nSPS) is 28.6. The van der Waals surface area contributed by atoms with Gasteiger partial charge in [0.25, 0.3) is 5.91 Å². The molecule has 2 aromatic rings. The summed E-state index contributed by atoms with van der Waals surface area (Å²) in [5.74, 6) is -1.01. The van der Waals surface area contributed by atoms with E-state index in [1.54, 1.807) is 27.0 Å². The number of thioether (sulfide) groups is 1. The maximum Gasteiger partial charge on any atom is 0.408 e. The zero-order chi connectivity index (χ0) is 35.0. The van der Waals surface area contributed by atoms with Gasteiger partial charge in [-0.15, -0.1) is 0 Å². The number of nitrogens with zero attached hydrogens (tertiary/aromatic N) is 2. The topological polar surface area (TPSA) is 173 Å². The molecule has 0 bridgehead atoms. The van der Waals surface area contributed by atoms with E-state index in [1.807, 2.05) is 42.5 Å². The molecule has 4 amide bonds. The van der Waals surface area contributed by atoms with E-state index in [-0.39, 0.29) is 25.1 Å². The molecule has 3 fully saturated rings. The summed E-state index contributed by atoms with van der Waals surface area (Å²) in [6.07, 6.45) is 6.72. The van der Waals surface area contributed by atoms with Crippen molar-refractivity contribution in [1.29, 1.82) is 0 Å². The summed E-state index contributed by atoms with van der Waals surface area (Å²) in [5.41, 5.74) is -2.28. The average molecular weight is 714 g/mol. The summed E-state index contributed by atoms with van der Waals surface area (Å²) in [6, 6.07) is 7.33. The molecular formula is C34H43N5O8S2. The number of aromatic nitrogens is 1. The molecule has 0 spiro atoms. The number of allylic oxidation sites excluding steroid dienone is 1. The minimum atomic E-state index is -3.87. The van der Waals surface area contributed by atoms with Crippen LogP contribution in [0.15, 0.2) is 48.7 Å². The molecule has 4 aliphatic rings. The second kappa shape index (κ2) is 13.8. The van der Waals surface area contributed by atoms with Crippen molar-refractivity contribution in [2.45, 2.75) is 93.9 Å². The van der Waals surface area contributed by atoms with Gasteiger partial charge in [0, 0.05) is 29.7 Å². The van der Waals surface area contributed by atoms with Crippen LogP contribution in [0.5, 0.6) is 5.88 Å². The Balaban J connectivity index is 1.30. The van der Waals surface area contributed by atoms with E-state index in [0.717, 1.165) is 17.2 Å². The number of sulfonamides is 1. The van der Waals surface area contributed by atoms with Gasteiger partial charge in [0.2, 0.25) is 27.7 Å². The lowest BCUT2D eigenvalue weighted by Crippen LogP contribution is -2.58. The van der Waals surface area contributed by atoms with Gasteiger partial charge in [-0.3, -0.25) is 19.1 Å². The number of hydrogen-bond acceptors (Lipinski definition) is 10. The van der Waals surface area contributed by atoms with Crippen LogP contribution in [-0.2, 0) is 29.1 Å². The second-order valence-corrected chi connectivity index (χ2v) is 17.2. The van der Waals surface area contributed by atoms with Gasteiger partial charge in [-0.2, -0.15) is 11.8 Å². The number of nitrogens with one attached hydrogen (secondary N) is 3. The lowest BCUT2D eigenvalue weighted by atomic mass is 10.1. The third-order valence-electron chi connectivity index (χ3n) is 9.03. The maximum absolute atomic E-state index is 14.3. The number of rotatable bonds is 6. The predicted molar refractivity (Wildman–Crippen MR) is 184 cm³/mol. The SMILES string of the molecule is CC(C)(C)OC(=O)N[C@H]1CSCCC/C=C\[C@@H]2C[C@@]2(C(=O)NS(=O)(=O)C2CC2)NC(=O)[C@@H]2CC(Oc3nccc4ccccc34)CN2C1=O. The van der Waals surface area contributed by atoms with Crippen molar-refractivity contribution in [3.8, 4) is 5.88 Å². The minimum absolute atomic E-state index is 0.0115. The Morgan fingerprint density at radius 1 is 1.14 bits per heavy atom. The standard InChI is InChI=1S/C34H43N5O8S2/c1-33(2,3)47-32(43)36-26-20-48-16-8-4-5-10-22-18-34(22,31(42)38-49(44,45)24-12-13-24)37-28(40)27-17-23(19-39(27)30(26)41)46-29-25-11-7-6-9-21(25)14-15-35-29/h5-7,9-11,14-15,22-24,26-27H,4,8,12-13,16-20H2,1-3H3,(H,36,43)(H,37,40)(H,38,42)/b10-5-/t22-,23?,26+,27+,34-/m1/s1. The highest BCUT2D eigenvalue weighted by molar-refractivity contribution is 7.99. The lowest BCUT2D eigenvalue weighted by Gasteiger charge is -2.30. The summed E-state index contributed by atoms with van der Waals surface area (Å²) in [6.45, 7) is 5.19. The minimum Gasteiger partial charge on any atom is -0.472 e. The summed E-state index contributed by atoms with van der Waals surface area (Å²) < 4.78 is 39.5. The summed E-state index contributed by atoms with van der Waals surface area (Å²) in [5, 5.41) is 6.64. The molecule has 13 nitrogen and oxygen atoms in total. The molecule has 2 aliphatic heterocycles. The quantitative estimate of drug-likeness (QED) is 0.378. The van der Waals surface area contributed by atoms with Gasteiger partial charge in [0.1, 0.15) is 29.3 Å². The van der Waals surface area contributed by atoms with E-state index < -0.39 is 74.3 Å². The Bertz CT molecular complexity index is 1750. The van der Waals surface area contributed by atoms with Gasteiger partial charge in [-0.05, 0) is 76.1 Å². The molecule has 2 aliphatic carbocycles. The molecule has 15 heteroatoms. The third-order valence-corrected chi connectivity index (χ3v) is 12.0. The van der Waals surface area contributed by atoms with E-state index in [4.69, 9.17) is 9.47 Å². The molecule has 6 rings (SSSR count). The fraction of sp³-hybridized carbons (Fsp3) is 0.559. The van der Waals surface area contributed by atoms with Crippen molar-refractivity contribution in [3.05, 3.63) is 48.7 Å². The first-order valence-electron chi connectivity index (χ1n) is 16.7. The number of alkyl carbamates (subject to hydrolysis) is 1. The summed E-state index contributed by atoms with van der Waals surface area (Å²) in [4.78, 5) is 60.8. The molecule has 1 aromatic carbocycles. The van der Waals surface area contributed by atoms with Crippen LogP contribution in [0, 0.1) is 5.92 Å². The predicted octanol–water partition coefficient (Wildman–Crippen LogP) is 3.04. The smallest absolute Gasteiger partial charge is 0.408 e. The maximum atomic E-state index is 14.3. The number of ether oxygens (including phenoxy) is 2. The first kappa shape index (κ1) is 35.0. The van der Waals surface area contributed by atoms with Gasteiger partial charge in [0.05, 0.1) is 11.8 Å². The van der Waals surface area contributed by atoms with Crippen molar-refractivity contribution in [1.82, 2.24) is 25.2 Å². The number of benzene rings is 1. The number of amides is 4. The monoisotopic (exact) mass is 713 g/mol. The van der Waals surface area contributed by atoms with Crippen molar-refractivity contribution in [2.24, 2.45) is 5.92 Å². The number of carbonyl (C=O) groups is 4. The molecule has 2 saturated carbocycles. The van der Waals surface area contributed by atoms with Gasteiger partial charge >= 0.3 is 6.09 Å². The first-order chi connectivity index (χ1) is 23.3. The van der Waals surface area contributed by atoms with Gasteiger partial charge in [-0.1, -0.05) is 30.4 Å². The molecule has 0 radical (unpaired) electrons. The van der Waals surface area contributed by atoms with Gasteiger partial charge in [-0.25, -0.2) is 18.2 Å². The Morgan fingerprint density at radius 2 is 1.92 bits per heavy atom. The van der Waals surface area contributed by atoms with Crippen LogP contribution in [0.2, 0.25) is 0 Å². The molecule has 49 heavy (non-hydrogen) atoms. The van der Waals surface area contributed by atoms with E-state index in [2.05, 4.69) is 20.3 Å². The highest BCUT2D eigenvalue weighted by Crippen LogP contribution is 2.46. The summed E-state index contributed by atoms with van der Waals surface area (Å²) >= 11 is 1.50. The zero-order valence-electron chi connectivity index (χ0n) is 27.8. The van der Waals surface area contributed by atoms with Crippen LogP contribution in [0.25, 0.3) is 10.8 Å². The van der Waals surface area contributed by atoms with E-state index in [1.165, 1.54) is 16.7 Å². The Morgan fingerprint density at radius 3 is 2.67 bits per heavy atom. The fourth-order valence-corrected chi connectivity index (χ4v) is 8.64. The second-order valence-electron chi connectivity index (χ2n) is 14.1. The highest BCUT2D eigenvalue weighted by Gasteiger charge is 2.62. The lowest BCUT2D eigenvalue weighted by molar-refractivity contribution is -0.140. The van der Waals surface area contributed by atoms with Gasteiger partial charge in [0.15, 0.2) is 0 Å². The fourth-order valence-electron chi connectivity index (χ4n) is 6.28. The number of hydrogen-bond donors (Lipinski definition) is 3. The molecule has 3 heterocycles. The Labute approximate surface area is 290 Å². The van der Waals surface area contributed by atoms with Crippen molar-refractivity contribution >= 4 is 56.4 Å². The van der Waals surface area contributed by atoms with Crippen molar-refractivity contribution in [2.75, 3.05) is 18.1 Å². The van der Waals surface area contributed by atoms with E-state index >= 15 is 0 Å². The molecular weight excluding hydrogens is 671 g/mol. The number of pyridine rings is 1. The van der Waals surface area contributed by atoms with Crippen LogP contribution in [0.1, 0.15) is 59.3 Å². The molecule has 1 aromatic heterocycles. The molecule has 264 valence electrons. The number of carbonyl (C=O) groups excluding carboxylic acids is 4. The zero-order valence-corrected chi connectivity index (χ0v) is 29.5. The largest absolute Gasteiger partial charge is 0.472 e. The molecule has 1 saturated heterocycles. The van der Waals surface area contributed by atoms with E-state index in [0.29, 0.717) is 30.9 Å². The summed E-state index contributed by atoms with van der Waals surface area (Å²) in [7, 11) is -3.87. The average Bonchev–Trinajstić information content (AvgIpc) is 3.96. The van der Waals surface area contributed by atoms with Crippen LogP contribution >= 0.6 is 11.8 Å². The molecule has 5 atom stereocenters. The van der Waals surface area contributed by atoms with Crippen molar-refractivity contribution in [3.63, 3.8) is 0 Å². The highest BCUT2D eigenvalue weighted by atomic mass is 32.2. The Hall–Kier alpha value is -3.85. The molecule has 3 N–H and O–H groups in total. The van der Waals surface area contributed by atoms with Crippen LogP contribution in [0.4, 0.5) is 4.79 Å². The van der Waals surface area contributed by atoms with Crippen LogP contribution in [-0.4, -0.2) is 94.7 Å². The van der Waals surface area contributed by atoms with E-state index in [9.17, 15) is 27.6 Å². The van der Waals surface area contributed by atoms with Gasteiger partial charge < -0.3 is 25.0 Å². The van der Waals surface area contributed by atoms with Crippen molar-refractivity contribution < 1.29 is 37.1 Å². The third kappa shape index (κ3) is 8.14. The van der Waals surface area contributed by atoms with Crippen LogP contribution < -0.4 is 20.1 Å². The number of fused-ring (bicyclic) bond motifs is 3. The van der Waals surface area contributed by atoms with Crippen LogP contribution in [0.3, 0.4) is 0 Å².